The zero-order valence-corrected chi connectivity index (χ0v) is 14.4. The van der Waals surface area contributed by atoms with Crippen molar-refractivity contribution in [1.29, 1.82) is 0 Å². The maximum atomic E-state index is 12.6. The molecular formula is C15H22N2O3S2. The number of amides is 1. The minimum absolute atomic E-state index is 0.0449. The Morgan fingerprint density at radius 3 is 2.82 bits per heavy atom. The number of fused-ring (bicyclic) bond motifs is 4. The molecule has 4 rings (SSSR count). The maximum absolute atomic E-state index is 12.6. The molecule has 4 heterocycles. The topological polar surface area (TPSA) is 57.7 Å². The number of sulfonamides is 1. The summed E-state index contributed by atoms with van der Waals surface area (Å²) < 4.78 is 25.2. The molecule has 0 aliphatic carbocycles. The summed E-state index contributed by atoms with van der Waals surface area (Å²) >= 11 is 1.65. The van der Waals surface area contributed by atoms with Crippen LogP contribution in [-0.4, -0.2) is 55.5 Å². The molecule has 0 radical (unpaired) electrons. The third-order valence-electron chi connectivity index (χ3n) is 4.68. The number of thiophene rings is 1. The van der Waals surface area contributed by atoms with Crippen LogP contribution in [0.15, 0.2) is 16.8 Å². The molecule has 2 bridgehead atoms. The van der Waals surface area contributed by atoms with Crippen molar-refractivity contribution in [3.05, 3.63) is 22.4 Å². The smallest absolute Gasteiger partial charge is 0.223 e. The predicted octanol–water partition coefficient (Wildman–Crippen LogP) is 1.56. The van der Waals surface area contributed by atoms with Crippen molar-refractivity contribution in [2.45, 2.75) is 31.7 Å². The van der Waals surface area contributed by atoms with Gasteiger partial charge in [0, 0.05) is 32.1 Å². The van der Waals surface area contributed by atoms with Gasteiger partial charge in [-0.25, -0.2) is 8.42 Å². The summed E-state index contributed by atoms with van der Waals surface area (Å²) in [7, 11) is -3.18. The summed E-state index contributed by atoms with van der Waals surface area (Å²) in [6.45, 7) is 1.72. The van der Waals surface area contributed by atoms with Crippen LogP contribution in [0.1, 0.15) is 24.8 Å². The van der Waals surface area contributed by atoms with Crippen molar-refractivity contribution >= 4 is 27.3 Å². The first kappa shape index (κ1) is 16.0. The van der Waals surface area contributed by atoms with Gasteiger partial charge < -0.3 is 4.90 Å². The Kier molecular flexibility index (Phi) is 4.56. The molecule has 0 spiro atoms. The highest BCUT2D eigenvalue weighted by molar-refractivity contribution is 7.88. The van der Waals surface area contributed by atoms with E-state index in [4.69, 9.17) is 0 Å². The molecule has 3 aliphatic heterocycles. The molecule has 0 saturated carbocycles. The first-order valence-electron chi connectivity index (χ1n) is 7.69. The van der Waals surface area contributed by atoms with E-state index in [1.807, 2.05) is 10.3 Å². The van der Waals surface area contributed by atoms with Gasteiger partial charge in [0.1, 0.15) is 0 Å². The van der Waals surface area contributed by atoms with Crippen molar-refractivity contribution in [2.75, 3.05) is 25.9 Å². The molecule has 0 unspecified atom stereocenters. The Hall–Kier alpha value is -0.920. The first-order valence-corrected chi connectivity index (χ1v) is 10.5. The Bertz CT molecular complexity index is 627. The molecule has 0 N–H and O–H groups in total. The van der Waals surface area contributed by atoms with E-state index in [2.05, 4.69) is 11.4 Å². The summed E-state index contributed by atoms with van der Waals surface area (Å²) in [5, 5.41) is 4.10. The van der Waals surface area contributed by atoms with E-state index in [1.54, 1.807) is 15.6 Å². The summed E-state index contributed by atoms with van der Waals surface area (Å²) in [5.41, 5.74) is 1.20. The van der Waals surface area contributed by atoms with Crippen LogP contribution in [0.3, 0.4) is 0 Å². The summed E-state index contributed by atoms with van der Waals surface area (Å²) in [5.74, 6) is 0.440. The largest absolute Gasteiger partial charge is 0.338 e. The minimum atomic E-state index is -3.18. The summed E-state index contributed by atoms with van der Waals surface area (Å²) in [4.78, 5) is 14.5. The molecule has 3 fully saturated rings. The molecule has 2 atom stereocenters. The quantitative estimate of drug-likeness (QED) is 0.834. The van der Waals surface area contributed by atoms with Crippen molar-refractivity contribution in [3.63, 3.8) is 0 Å². The number of hydrogen-bond donors (Lipinski definition) is 0. The molecule has 1 aromatic rings. The number of nitrogens with zero attached hydrogens (tertiary/aromatic N) is 2. The van der Waals surface area contributed by atoms with Crippen LogP contribution >= 0.6 is 11.3 Å². The highest BCUT2D eigenvalue weighted by Gasteiger charge is 2.39. The fraction of sp³-hybridized carbons (Fsp3) is 0.667. The lowest BCUT2D eigenvalue weighted by Gasteiger charge is -2.36. The van der Waals surface area contributed by atoms with Gasteiger partial charge in [0.15, 0.2) is 0 Å². The molecular weight excluding hydrogens is 320 g/mol. The Labute approximate surface area is 136 Å². The Balaban J connectivity index is 1.66. The highest BCUT2D eigenvalue weighted by Crippen LogP contribution is 2.29. The number of carbonyl (C=O) groups excluding carboxylic acids is 1. The van der Waals surface area contributed by atoms with Gasteiger partial charge >= 0.3 is 0 Å². The third-order valence-corrected chi connectivity index (χ3v) is 6.65. The molecule has 5 nitrogen and oxygen atoms in total. The highest BCUT2D eigenvalue weighted by atomic mass is 32.2. The average molecular weight is 342 g/mol. The minimum Gasteiger partial charge on any atom is -0.338 e. The molecule has 122 valence electrons. The lowest BCUT2D eigenvalue weighted by atomic mass is 9.94. The van der Waals surface area contributed by atoms with E-state index in [-0.39, 0.29) is 17.9 Å². The second-order valence-electron chi connectivity index (χ2n) is 6.35. The van der Waals surface area contributed by atoms with Crippen LogP contribution in [0.25, 0.3) is 0 Å². The van der Waals surface area contributed by atoms with Crippen LogP contribution in [0.4, 0.5) is 0 Å². The van der Waals surface area contributed by atoms with E-state index in [0.29, 0.717) is 26.1 Å². The van der Waals surface area contributed by atoms with Gasteiger partial charge in [-0.05, 0) is 47.6 Å². The SMILES string of the molecule is CS(=O)(=O)N1C[C@@H]2CC[C@H](C1)N(C(=O)CCc1ccsc1)C2. The van der Waals surface area contributed by atoms with Crippen molar-refractivity contribution in [3.8, 4) is 0 Å². The van der Waals surface area contributed by atoms with E-state index in [9.17, 15) is 13.2 Å². The summed E-state index contributed by atoms with van der Waals surface area (Å²) in [6, 6.07) is 2.10. The zero-order valence-electron chi connectivity index (χ0n) is 12.8. The molecule has 1 amide bonds. The van der Waals surface area contributed by atoms with Crippen LogP contribution in [0, 0.1) is 5.92 Å². The van der Waals surface area contributed by atoms with Gasteiger partial charge in [0.25, 0.3) is 0 Å². The third kappa shape index (κ3) is 3.52. The van der Waals surface area contributed by atoms with Gasteiger partial charge in [-0.2, -0.15) is 15.6 Å². The van der Waals surface area contributed by atoms with Crippen molar-refractivity contribution in [1.82, 2.24) is 9.21 Å². The average Bonchev–Trinajstić information content (AvgIpc) is 2.80. The molecule has 22 heavy (non-hydrogen) atoms. The van der Waals surface area contributed by atoms with Crippen LogP contribution in [0.5, 0.6) is 0 Å². The number of hydrogen-bond acceptors (Lipinski definition) is 4. The van der Waals surface area contributed by atoms with Crippen LogP contribution < -0.4 is 0 Å². The number of carbonyl (C=O) groups is 1. The van der Waals surface area contributed by atoms with E-state index in [1.165, 1.54) is 11.8 Å². The lowest BCUT2D eigenvalue weighted by Crippen LogP contribution is -2.47. The standard InChI is InChI=1S/C15H22N2O3S2/c1-22(19,20)16-8-13-2-4-14(10-16)17(9-13)15(18)5-3-12-6-7-21-11-12/h6-7,11,13-14H,2-5,8-10H2,1H3/t13-,14+/m0/s1. The number of piperidine rings is 1. The van der Waals surface area contributed by atoms with Gasteiger partial charge in [-0.1, -0.05) is 0 Å². The fourth-order valence-corrected chi connectivity index (χ4v) is 5.07. The maximum Gasteiger partial charge on any atom is 0.223 e. The monoisotopic (exact) mass is 342 g/mol. The van der Waals surface area contributed by atoms with Gasteiger partial charge in [-0.15, -0.1) is 0 Å². The van der Waals surface area contributed by atoms with E-state index in [0.717, 1.165) is 19.3 Å². The van der Waals surface area contributed by atoms with E-state index < -0.39 is 10.0 Å². The molecule has 3 saturated heterocycles. The molecule has 3 aliphatic rings. The molecule has 7 heteroatoms. The predicted molar refractivity (Wildman–Crippen MR) is 87.3 cm³/mol. The lowest BCUT2D eigenvalue weighted by molar-refractivity contribution is -0.135. The van der Waals surface area contributed by atoms with Crippen LogP contribution in [-0.2, 0) is 21.2 Å². The second-order valence-corrected chi connectivity index (χ2v) is 9.12. The summed E-state index contributed by atoms with van der Waals surface area (Å²) in [6.07, 6.45) is 4.48. The van der Waals surface area contributed by atoms with Crippen molar-refractivity contribution < 1.29 is 13.2 Å². The van der Waals surface area contributed by atoms with Gasteiger partial charge in [-0.3, -0.25) is 4.79 Å². The normalized spacial score (nSPS) is 26.1. The molecule has 1 aromatic heterocycles. The second kappa shape index (κ2) is 6.29. The number of rotatable bonds is 4. The zero-order chi connectivity index (χ0) is 15.7. The van der Waals surface area contributed by atoms with Crippen LogP contribution in [0.2, 0.25) is 0 Å². The Morgan fingerprint density at radius 1 is 1.32 bits per heavy atom. The van der Waals surface area contributed by atoms with Crippen molar-refractivity contribution in [2.24, 2.45) is 5.92 Å². The Morgan fingerprint density at radius 2 is 2.14 bits per heavy atom. The molecule has 0 aromatic carbocycles. The van der Waals surface area contributed by atoms with Gasteiger partial charge in [0.2, 0.25) is 15.9 Å². The van der Waals surface area contributed by atoms with E-state index >= 15 is 0 Å². The number of aryl methyl sites for hydroxylation is 1. The fourth-order valence-electron chi connectivity index (χ4n) is 3.44. The first-order chi connectivity index (χ1) is 10.4. The van der Waals surface area contributed by atoms with Gasteiger partial charge in [0.05, 0.1) is 6.26 Å².